The first-order valence-corrected chi connectivity index (χ1v) is 12.4. The Bertz CT molecular complexity index is 1320. The van der Waals surface area contributed by atoms with Crippen molar-refractivity contribution in [2.75, 3.05) is 24.3 Å². The third kappa shape index (κ3) is 6.64. The fourth-order valence-corrected chi connectivity index (χ4v) is 4.33. The maximum Gasteiger partial charge on any atom is 0.251 e. The lowest BCUT2D eigenvalue weighted by Crippen LogP contribution is -2.41. The molecule has 0 aliphatic carbocycles. The van der Waals surface area contributed by atoms with Crippen molar-refractivity contribution in [1.82, 2.24) is 4.90 Å². The summed E-state index contributed by atoms with van der Waals surface area (Å²) in [6.07, 6.45) is 0.209. The predicted molar refractivity (Wildman–Crippen MR) is 150 cm³/mol. The van der Waals surface area contributed by atoms with Crippen LogP contribution < -0.4 is 10.2 Å². The number of anilines is 2. The Balaban J connectivity index is 1.71. The Morgan fingerprint density at radius 1 is 0.757 bits per heavy atom. The molecule has 2 amide bonds. The standard InChI is InChI=1S/C32H33N3O2/c1-24-12-10-11-17-27(24)23-35(30(36)22-25-13-6-4-7-14-25)31(26-15-8-5-9-16-26)32(37)33-28-18-20-29(21-19-28)34(2)3/h4-21,31H,22-23H2,1-3H3,(H,33,37). The molecule has 0 aliphatic heterocycles. The molecular weight excluding hydrogens is 458 g/mol. The predicted octanol–water partition coefficient (Wildman–Crippen LogP) is 6.01. The fraction of sp³-hybridized carbons (Fsp3) is 0.188. The van der Waals surface area contributed by atoms with E-state index < -0.39 is 6.04 Å². The van der Waals surface area contributed by atoms with Gasteiger partial charge in [0.1, 0.15) is 6.04 Å². The molecule has 0 aromatic heterocycles. The number of hydrogen-bond donors (Lipinski definition) is 1. The number of hydrogen-bond acceptors (Lipinski definition) is 3. The number of carbonyl (C=O) groups is 2. The molecule has 4 aromatic rings. The summed E-state index contributed by atoms with van der Waals surface area (Å²) in [5, 5.41) is 3.05. The summed E-state index contributed by atoms with van der Waals surface area (Å²) < 4.78 is 0. The third-order valence-corrected chi connectivity index (χ3v) is 6.45. The summed E-state index contributed by atoms with van der Waals surface area (Å²) in [5.74, 6) is -0.361. The monoisotopic (exact) mass is 491 g/mol. The first-order chi connectivity index (χ1) is 17.9. The summed E-state index contributed by atoms with van der Waals surface area (Å²) in [6, 6.07) is 34.0. The quantitative estimate of drug-likeness (QED) is 0.312. The van der Waals surface area contributed by atoms with Crippen LogP contribution in [-0.4, -0.2) is 30.8 Å². The molecule has 188 valence electrons. The summed E-state index contributed by atoms with van der Waals surface area (Å²) in [4.78, 5) is 31.5. The van der Waals surface area contributed by atoms with Gasteiger partial charge in [-0.15, -0.1) is 0 Å². The van der Waals surface area contributed by atoms with Gasteiger partial charge >= 0.3 is 0 Å². The first-order valence-electron chi connectivity index (χ1n) is 12.4. The summed E-state index contributed by atoms with van der Waals surface area (Å²) in [6.45, 7) is 2.35. The minimum atomic E-state index is -0.800. The normalized spacial score (nSPS) is 11.4. The van der Waals surface area contributed by atoms with Gasteiger partial charge in [-0.25, -0.2) is 0 Å². The van der Waals surface area contributed by atoms with Gasteiger partial charge in [0, 0.05) is 32.0 Å². The molecule has 37 heavy (non-hydrogen) atoms. The summed E-state index contributed by atoms with van der Waals surface area (Å²) in [7, 11) is 3.95. The molecule has 5 heteroatoms. The van der Waals surface area contributed by atoms with E-state index in [1.807, 2.05) is 135 Å². The van der Waals surface area contributed by atoms with Crippen molar-refractivity contribution < 1.29 is 9.59 Å². The van der Waals surface area contributed by atoms with Crippen molar-refractivity contribution in [1.29, 1.82) is 0 Å². The maximum atomic E-state index is 13.9. The van der Waals surface area contributed by atoms with Crippen LogP contribution >= 0.6 is 0 Å². The minimum absolute atomic E-state index is 0.110. The second-order valence-electron chi connectivity index (χ2n) is 9.35. The number of carbonyl (C=O) groups excluding carboxylic acids is 2. The van der Waals surface area contributed by atoms with Crippen LogP contribution in [0.3, 0.4) is 0 Å². The molecule has 0 bridgehead atoms. The van der Waals surface area contributed by atoms with E-state index in [-0.39, 0.29) is 18.2 Å². The molecule has 0 aliphatic rings. The van der Waals surface area contributed by atoms with Crippen LogP contribution in [0.4, 0.5) is 11.4 Å². The van der Waals surface area contributed by atoms with Crippen molar-refractivity contribution in [3.05, 3.63) is 131 Å². The van der Waals surface area contributed by atoms with Gasteiger partial charge in [0.25, 0.3) is 5.91 Å². The van der Waals surface area contributed by atoms with E-state index in [0.717, 1.165) is 27.9 Å². The molecule has 5 nitrogen and oxygen atoms in total. The smallest absolute Gasteiger partial charge is 0.251 e. The minimum Gasteiger partial charge on any atom is -0.378 e. The first kappa shape index (κ1) is 25.7. The van der Waals surface area contributed by atoms with E-state index >= 15 is 0 Å². The van der Waals surface area contributed by atoms with Gasteiger partial charge in [-0.05, 0) is 53.4 Å². The average Bonchev–Trinajstić information content (AvgIpc) is 2.91. The molecule has 4 rings (SSSR count). The molecule has 0 saturated carbocycles. The summed E-state index contributed by atoms with van der Waals surface area (Å²) in [5.41, 5.74) is 5.48. The van der Waals surface area contributed by atoms with E-state index in [4.69, 9.17) is 0 Å². The molecule has 0 spiro atoms. The lowest BCUT2D eigenvalue weighted by atomic mass is 10.0. The van der Waals surface area contributed by atoms with Crippen molar-refractivity contribution >= 4 is 23.2 Å². The SMILES string of the molecule is Cc1ccccc1CN(C(=O)Cc1ccccc1)C(C(=O)Nc1ccc(N(C)C)cc1)c1ccccc1. The van der Waals surface area contributed by atoms with Gasteiger partial charge in [0.15, 0.2) is 0 Å². The van der Waals surface area contributed by atoms with Crippen LogP contribution in [0, 0.1) is 6.92 Å². The highest BCUT2D eigenvalue weighted by molar-refractivity contribution is 5.98. The van der Waals surface area contributed by atoms with Crippen LogP contribution in [0.1, 0.15) is 28.3 Å². The third-order valence-electron chi connectivity index (χ3n) is 6.45. The highest BCUT2D eigenvalue weighted by Crippen LogP contribution is 2.27. The lowest BCUT2D eigenvalue weighted by molar-refractivity contribution is -0.139. The van der Waals surface area contributed by atoms with Crippen LogP contribution in [0.5, 0.6) is 0 Å². The fourth-order valence-electron chi connectivity index (χ4n) is 4.33. The molecule has 1 atom stereocenters. The van der Waals surface area contributed by atoms with E-state index in [2.05, 4.69) is 5.32 Å². The number of aryl methyl sites for hydroxylation is 1. The topological polar surface area (TPSA) is 52.7 Å². The Kier molecular flexibility index (Phi) is 8.37. The molecule has 1 unspecified atom stereocenters. The zero-order valence-corrected chi connectivity index (χ0v) is 21.6. The number of amides is 2. The number of nitrogens with zero attached hydrogens (tertiary/aromatic N) is 2. The van der Waals surface area contributed by atoms with Crippen molar-refractivity contribution in [3.8, 4) is 0 Å². The largest absolute Gasteiger partial charge is 0.378 e. The van der Waals surface area contributed by atoms with E-state index in [9.17, 15) is 9.59 Å². The van der Waals surface area contributed by atoms with Crippen LogP contribution in [-0.2, 0) is 22.6 Å². The highest BCUT2D eigenvalue weighted by atomic mass is 16.2. The van der Waals surface area contributed by atoms with Crippen molar-refractivity contribution in [2.45, 2.75) is 25.9 Å². The van der Waals surface area contributed by atoms with Crippen LogP contribution in [0.15, 0.2) is 109 Å². The zero-order chi connectivity index (χ0) is 26.2. The van der Waals surface area contributed by atoms with Crippen molar-refractivity contribution in [3.63, 3.8) is 0 Å². The Hall–Kier alpha value is -4.38. The van der Waals surface area contributed by atoms with Gasteiger partial charge in [0.2, 0.25) is 5.91 Å². The van der Waals surface area contributed by atoms with Crippen molar-refractivity contribution in [2.24, 2.45) is 0 Å². The molecule has 0 heterocycles. The van der Waals surface area contributed by atoms with Gasteiger partial charge in [-0.2, -0.15) is 0 Å². The second kappa shape index (κ2) is 12.0. The highest BCUT2D eigenvalue weighted by Gasteiger charge is 2.32. The maximum absolute atomic E-state index is 13.9. The molecule has 0 radical (unpaired) electrons. The van der Waals surface area contributed by atoms with Crippen LogP contribution in [0.2, 0.25) is 0 Å². The second-order valence-corrected chi connectivity index (χ2v) is 9.35. The molecule has 4 aromatic carbocycles. The summed E-state index contributed by atoms with van der Waals surface area (Å²) >= 11 is 0. The van der Waals surface area contributed by atoms with E-state index in [1.165, 1.54) is 0 Å². The van der Waals surface area contributed by atoms with Crippen LogP contribution in [0.25, 0.3) is 0 Å². The van der Waals surface area contributed by atoms with Gasteiger partial charge in [-0.1, -0.05) is 84.9 Å². The Labute approximate surface area is 219 Å². The Morgan fingerprint density at radius 2 is 1.35 bits per heavy atom. The van der Waals surface area contributed by atoms with E-state index in [0.29, 0.717) is 12.2 Å². The van der Waals surface area contributed by atoms with Gasteiger partial charge < -0.3 is 15.1 Å². The lowest BCUT2D eigenvalue weighted by Gasteiger charge is -2.32. The van der Waals surface area contributed by atoms with Gasteiger partial charge in [0.05, 0.1) is 6.42 Å². The van der Waals surface area contributed by atoms with Gasteiger partial charge in [-0.3, -0.25) is 9.59 Å². The molecule has 1 N–H and O–H groups in total. The average molecular weight is 492 g/mol. The zero-order valence-electron chi connectivity index (χ0n) is 21.6. The van der Waals surface area contributed by atoms with E-state index in [1.54, 1.807) is 4.90 Å². The molecule has 0 fully saturated rings. The number of nitrogens with one attached hydrogen (secondary N) is 1. The Morgan fingerprint density at radius 3 is 1.97 bits per heavy atom. The number of benzene rings is 4. The molecular formula is C32H33N3O2. The number of rotatable bonds is 9. The molecule has 0 saturated heterocycles.